The van der Waals surface area contributed by atoms with Gasteiger partial charge in [0.15, 0.2) is 0 Å². The van der Waals surface area contributed by atoms with Gasteiger partial charge in [0, 0.05) is 82.9 Å². The van der Waals surface area contributed by atoms with Crippen LogP contribution in [0.1, 0.15) is 254 Å². The van der Waals surface area contributed by atoms with Crippen molar-refractivity contribution in [2.75, 3.05) is 9.80 Å². The zero-order valence-electron chi connectivity index (χ0n) is 64.5. The fourth-order valence-corrected chi connectivity index (χ4v) is 20.7. The Balaban J connectivity index is 0.896. The second-order valence-corrected chi connectivity index (χ2v) is 33.1. The summed E-state index contributed by atoms with van der Waals surface area (Å²) in [6.07, 6.45) is 29.6. The lowest BCUT2D eigenvalue weighted by Gasteiger charge is -2.40. The van der Waals surface area contributed by atoms with Crippen LogP contribution < -0.4 is 9.80 Å². The molecule has 17 rings (SSSR count). The SMILES string of the molecule is CCCCCCCC1(CCCCCCC)c2cc(N(c3ccc(N(c4ccccc4)c4ccccc4)cc3)c3ccc4c(c3)C(C)(C)c3cc5c(cc3-4)C(C)(C)c3ccc4oc6ccccc6c4c3-5)ccc2-c2c1c1c(c3c2oc2ccccc23)-c2ccccc2C1(CCCCCCC)CCCCCCC. The highest BCUT2D eigenvalue weighted by molar-refractivity contribution is 6.21. The number of hydrogen-bond donors (Lipinski definition) is 0. The lowest BCUT2D eigenvalue weighted by atomic mass is 9.62. The molecule has 0 fully saturated rings. The van der Waals surface area contributed by atoms with Crippen LogP contribution in [0.4, 0.5) is 34.1 Å². The number of para-hydroxylation sites is 4. The topological polar surface area (TPSA) is 32.8 Å². The highest BCUT2D eigenvalue weighted by Gasteiger charge is 2.54. The summed E-state index contributed by atoms with van der Waals surface area (Å²) >= 11 is 0. The van der Waals surface area contributed by atoms with Crippen LogP contribution in [-0.4, -0.2) is 0 Å². The van der Waals surface area contributed by atoms with Gasteiger partial charge in [-0.1, -0.05) is 299 Å². The molecular weight excluding hydrogens is 1290 g/mol. The first kappa shape index (κ1) is 69.7. The molecule has 13 aromatic rings. The summed E-state index contributed by atoms with van der Waals surface area (Å²) in [5, 5.41) is 5.00. The van der Waals surface area contributed by atoms with Crippen molar-refractivity contribution >= 4 is 78.0 Å². The molecule has 2 aromatic heterocycles. The third kappa shape index (κ3) is 11.5. The van der Waals surface area contributed by atoms with E-state index in [-0.39, 0.29) is 21.7 Å². The fourth-order valence-electron chi connectivity index (χ4n) is 20.7. The van der Waals surface area contributed by atoms with Crippen molar-refractivity contribution < 1.29 is 8.83 Å². The molecule has 0 saturated carbocycles. The molecule has 0 spiro atoms. The van der Waals surface area contributed by atoms with Crippen LogP contribution in [0.2, 0.25) is 0 Å². The van der Waals surface area contributed by atoms with Crippen LogP contribution in [0.25, 0.3) is 88.4 Å². The monoisotopic (exact) mass is 1390 g/mol. The van der Waals surface area contributed by atoms with E-state index in [0.29, 0.717) is 0 Å². The Labute approximate surface area is 631 Å². The van der Waals surface area contributed by atoms with E-state index in [1.165, 1.54) is 247 Å². The predicted molar refractivity (Wildman–Crippen MR) is 451 cm³/mol. The Morgan fingerprint density at radius 2 is 0.670 bits per heavy atom. The van der Waals surface area contributed by atoms with Crippen molar-refractivity contribution in [3.05, 3.63) is 263 Å². The first-order valence-corrected chi connectivity index (χ1v) is 41.3. The average Bonchev–Trinajstić information content (AvgIpc) is 1.49. The zero-order valence-corrected chi connectivity index (χ0v) is 64.5. The van der Waals surface area contributed by atoms with Crippen molar-refractivity contribution in [3.8, 4) is 44.5 Å². The van der Waals surface area contributed by atoms with Gasteiger partial charge in [-0.15, -0.1) is 0 Å². The molecule has 0 saturated heterocycles. The Bertz CT molecular complexity index is 5320. The van der Waals surface area contributed by atoms with Crippen LogP contribution in [0.3, 0.4) is 0 Å². The van der Waals surface area contributed by atoms with Crippen LogP contribution in [0, 0.1) is 0 Å². The summed E-state index contributed by atoms with van der Waals surface area (Å²) in [6, 6.07) is 84.0. The van der Waals surface area contributed by atoms with Gasteiger partial charge in [-0.2, -0.15) is 0 Å². The Hall–Kier alpha value is -9.38. The lowest BCUT2D eigenvalue weighted by Crippen LogP contribution is -2.33. The molecule has 11 aromatic carbocycles. The van der Waals surface area contributed by atoms with E-state index in [9.17, 15) is 0 Å². The second kappa shape index (κ2) is 28.7. The van der Waals surface area contributed by atoms with Gasteiger partial charge in [0.05, 0.1) is 0 Å². The summed E-state index contributed by atoms with van der Waals surface area (Å²) < 4.78 is 14.3. The highest BCUT2D eigenvalue weighted by atomic mass is 16.3. The molecule has 4 nitrogen and oxygen atoms in total. The number of rotatable bonds is 30. The first-order chi connectivity index (χ1) is 51.9. The summed E-state index contributed by atoms with van der Waals surface area (Å²) in [5.41, 5.74) is 32.8. The molecular formula is C102H108N2O2. The molecule has 2 heterocycles. The summed E-state index contributed by atoms with van der Waals surface area (Å²) in [7, 11) is 0. The Kier molecular flexibility index (Phi) is 18.9. The van der Waals surface area contributed by atoms with Gasteiger partial charge in [0.1, 0.15) is 22.3 Å². The number of nitrogens with zero attached hydrogens (tertiary/aromatic N) is 2. The van der Waals surface area contributed by atoms with Gasteiger partial charge in [0.25, 0.3) is 0 Å². The normalized spacial score (nSPS) is 14.9. The largest absolute Gasteiger partial charge is 0.456 e. The molecule has 0 unspecified atom stereocenters. The van der Waals surface area contributed by atoms with Gasteiger partial charge in [-0.25, -0.2) is 0 Å². The van der Waals surface area contributed by atoms with Crippen molar-refractivity contribution in [2.24, 2.45) is 0 Å². The van der Waals surface area contributed by atoms with Crippen molar-refractivity contribution in [3.63, 3.8) is 0 Å². The molecule has 0 atom stereocenters. The lowest BCUT2D eigenvalue weighted by molar-refractivity contribution is 0.369. The van der Waals surface area contributed by atoms with Crippen LogP contribution in [0.15, 0.2) is 227 Å². The molecule has 538 valence electrons. The predicted octanol–water partition coefficient (Wildman–Crippen LogP) is 31.0. The Morgan fingerprint density at radius 1 is 0.264 bits per heavy atom. The molecule has 4 heteroatoms. The highest BCUT2D eigenvalue weighted by Crippen LogP contribution is 2.68. The summed E-state index contributed by atoms with van der Waals surface area (Å²) in [5.74, 6) is 0. The van der Waals surface area contributed by atoms with Gasteiger partial charge < -0.3 is 18.6 Å². The number of hydrogen-bond acceptors (Lipinski definition) is 4. The number of furan rings is 2. The third-order valence-corrected chi connectivity index (χ3v) is 26.0. The number of benzene rings is 11. The second-order valence-electron chi connectivity index (χ2n) is 33.1. The van der Waals surface area contributed by atoms with Gasteiger partial charge in [-0.3, -0.25) is 0 Å². The van der Waals surface area contributed by atoms with E-state index in [1.807, 2.05) is 0 Å². The number of fused-ring (bicyclic) bond motifs is 22. The first-order valence-electron chi connectivity index (χ1n) is 41.3. The molecule has 0 radical (unpaired) electrons. The van der Waals surface area contributed by atoms with Crippen molar-refractivity contribution in [1.29, 1.82) is 0 Å². The molecule has 4 aliphatic rings. The minimum Gasteiger partial charge on any atom is -0.456 e. The van der Waals surface area contributed by atoms with E-state index < -0.39 is 0 Å². The third-order valence-electron chi connectivity index (χ3n) is 26.0. The Morgan fingerprint density at radius 3 is 1.25 bits per heavy atom. The number of unbranched alkanes of at least 4 members (excludes halogenated alkanes) is 16. The van der Waals surface area contributed by atoms with Crippen molar-refractivity contribution in [2.45, 2.75) is 231 Å². The summed E-state index contributed by atoms with van der Waals surface area (Å²) in [6.45, 7) is 19.3. The van der Waals surface area contributed by atoms with E-state index in [2.05, 4.69) is 284 Å². The molecule has 106 heavy (non-hydrogen) atoms. The van der Waals surface area contributed by atoms with Gasteiger partial charge in [-0.05, 0) is 212 Å². The van der Waals surface area contributed by atoms with E-state index in [1.54, 1.807) is 16.7 Å². The molecule has 0 N–H and O–H groups in total. The maximum absolute atomic E-state index is 7.69. The number of anilines is 6. The van der Waals surface area contributed by atoms with Gasteiger partial charge in [0.2, 0.25) is 0 Å². The molecule has 4 aliphatic carbocycles. The minimum absolute atomic E-state index is 0.156. The summed E-state index contributed by atoms with van der Waals surface area (Å²) in [4.78, 5) is 5.04. The molecule has 0 aliphatic heterocycles. The van der Waals surface area contributed by atoms with E-state index in [0.717, 1.165) is 57.9 Å². The quantitative estimate of drug-likeness (QED) is 0.0420. The minimum atomic E-state index is -0.324. The van der Waals surface area contributed by atoms with Gasteiger partial charge >= 0.3 is 0 Å². The van der Waals surface area contributed by atoms with Crippen LogP contribution in [-0.2, 0) is 21.7 Å². The van der Waals surface area contributed by atoms with E-state index in [4.69, 9.17) is 8.83 Å². The van der Waals surface area contributed by atoms with Crippen LogP contribution >= 0.6 is 0 Å². The van der Waals surface area contributed by atoms with Crippen LogP contribution in [0.5, 0.6) is 0 Å². The maximum Gasteiger partial charge on any atom is 0.144 e. The molecule has 0 bridgehead atoms. The smallest absolute Gasteiger partial charge is 0.144 e. The van der Waals surface area contributed by atoms with E-state index >= 15 is 0 Å². The standard InChI is InChI=1S/C102H108N2O2/c1-9-13-17-21-37-61-101(62-38-22-18-14-10-2)82-48-34-31-45-76(82)93-94-79-47-33-36-50-89(79)106-98(94)95-77-58-56-74(66-87(77)102(97(95)96(93)101,63-39-23-19-15-11-3)64-40-24-20-16-12-4)104(72-53-51-71(52-54-72)103(69-41-27-25-28-42-69)70-43-29-26-30-44-70)73-55-57-75-80-67-86-81(68-85(80)100(7,8)84(75)65-73)91-83(99(86,5)6)59-60-90-92(91)78-46-32-35-49-88(78)105-90/h25-36,41-60,65-68H,9-24,37-40,61-64H2,1-8H3. The maximum atomic E-state index is 7.69. The average molecular weight is 1390 g/mol. The molecule has 0 amide bonds. The fraction of sp³-hybridized carbons (Fsp3) is 0.353. The van der Waals surface area contributed by atoms with Crippen molar-refractivity contribution in [1.82, 2.24) is 0 Å². The zero-order chi connectivity index (χ0) is 72.3.